The highest BCUT2D eigenvalue weighted by molar-refractivity contribution is 6.92. The molecule has 0 aliphatic carbocycles. The first kappa shape index (κ1) is 19.8. The monoisotopic (exact) mass is 378 g/mol. The molecule has 0 amide bonds. The summed E-state index contributed by atoms with van der Waals surface area (Å²) in [5.41, 5.74) is 5.19. The molecule has 144 valence electrons. The fraction of sp³-hybridized carbons (Fsp3) is 0.417. The summed E-state index contributed by atoms with van der Waals surface area (Å²) in [6.07, 6.45) is 4.63. The Bertz CT molecular complexity index is 749. The maximum atomic E-state index is 2.62. The van der Waals surface area contributed by atoms with Gasteiger partial charge in [-0.15, -0.1) is 0 Å². The second-order valence-electron chi connectivity index (χ2n) is 9.88. The summed E-state index contributed by atoms with van der Waals surface area (Å²) in [6.45, 7) is 18.8. The van der Waals surface area contributed by atoms with Gasteiger partial charge in [-0.05, 0) is 48.2 Å². The van der Waals surface area contributed by atoms with Gasteiger partial charge in [-0.1, -0.05) is 76.9 Å². The molecule has 0 saturated heterocycles. The lowest BCUT2D eigenvalue weighted by atomic mass is 10.2. The molecule has 1 aliphatic heterocycles. The van der Waals surface area contributed by atoms with E-state index in [1.54, 1.807) is 0 Å². The average Bonchev–Trinajstić information content (AvgIpc) is 2.97. The lowest BCUT2D eigenvalue weighted by Crippen LogP contribution is -2.70. The van der Waals surface area contributed by atoms with Crippen molar-refractivity contribution in [1.29, 1.82) is 0 Å². The molecule has 0 fully saturated rings. The number of nitrogens with zero attached hydrogens (tertiary/aromatic N) is 2. The van der Waals surface area contributed by atoms with Gasteiger partial charge < -0.3 is 9.13 Å². The minimum Gasteiger partial charge on any atom is -0.354 e. The molecule has 2 aromatic rings. The Kier molecular flexibility index (Phi) is 4.80. The van der Waals surface area contributed by atoms with E-state index in [9.17, 15) is 0 Å². The van der Waals surface area contributed by atoms with Crippen molar-refractivity contribution in [2.45, 2.75) is 65.5 Å². The maximum Gasteiger partial charge on any atom is 0.283 e. The summed E-state index contributed by atoms with van der Waals surface area (Å²) in [5, 5.41) is 0.259. The molecule has 0 N–H and O–H groups in total. The summed E-state index contributed by atoms with van der Waals surface area (Å²) in [7, 11) is -2.26. The molecule has 0 aromatic heterocycles. The van der Waals surface area contributed by atoms with Crippen LogP contribution in [0, 0.1) is 13.8 Å². The second kappa shape index (κ2) is 6.56. The summed E-state index contributed by atoms with van der Waals surface area (Å²) < 4.78 is 5.23. The van der Waals surface area contributed by atoms with Gasteiger partial charge in [0.25, 0.3) is 8.40 Å². The molecule has 27 heavy (non-hydrogen) atoms. The third-order valence-electron chi connectivity index (χ3n) is 5.78. The van der Waals surface area contributed by atoms with Gasteiger partial charge in [-0.3, -0.25) is 0 Å². The number of hydrogen-bond acceptors (Lipinski definition) is 2. The fourth-order valence-electron chi connectivity index (χ4n) is 4.99. The molecule has 0 unspecified atom stereocenters. The lowest BCUT2D eigenvalue weighted by molar-refractivity contribution is 0.604. The van der Waals surface area contributed by atoms with Gasteiger partial charge in [0.2, 0.25) is 0 Å². The van der Waals surface area contributed by atoms with E-state index in [0.29, 0.717) is 0 Å². The van der Waals surface area contributed by atoms with Crippen LogP contribution in [0.4, 0.5) is 11.4 Å². The zero-order valence-corrected chi connectivity index (χ0v) is 19.2. The maximum absolute atomic E-state index is 2.62. The third kappa shape index (κ3) is 3.12. The minimum absolute atomic E-state index is 0.129. The molecule has 0 atom stereocenters. The highest BCUT2D eigenvalue weighted by atomic mass is 28.4. The molecular formula is C24H34N2Si. The first-order valence-corrected chi connectivity index (χ1v) is 11.8. The van der Waals surface area contributed by atoms with Crippen LogP contribution in [0.25, 0.3) is 0 Å². The van der Waals surface area contributed by atoms with E-state index in [1.807, 2.05) is 0 Å². The van der Waals surface area contributed by atoms with Gasteiger partial charge >= 0.3 is 0 Å². The highest BCUT2D eigenvalue weighted by Crippen LogP contribution is 2.58. The zero-order valence-electron chi connectivity index (χ0n) is 18.2. The van der Waals surface area contributed by atoms with Gasteiger partial charge in [0.05, 0.1) is 0 Å². The van der Waals surface area contributed by atoms with Gasteiger partial charge in [0.1, 0.15) is 0 Å². The van der Waals surface area contributed by atoms with Crippen molar-refractivity contribution in [1.82, 2.24) is 0 Å². The molecule has 0 bridgehead atoms. The van der Waals surface area contributed by atoms with E-state index in [2.05, 4.69) is 125 Å². The van der Waals surface area contributed by atoms with Crippen molar-refractivity contribution in [2.24, 2.45) is 0 Å². The number of rotatable bonds is 2. The molecule has 0 spiro atoms. The molecule has 0 radical (unpaired) electrons. The van der Waals surface area contributed by atoms with Crippen molar-refractivity contribution in [3.05, 3.63) is 72.1 Å². The van der Waals surface area contributed by atoms with Crippen LogP contribution in [0.2, 0.25) is 10.1 Å². The summed E-state index contributed by atoms with van der Waals surface area (Å²) in [4.78, 5) is 0. The fourth-order valence-corrected chi connectivity index (χ4v) is 12.0. The Morgan fingerprint density at radius 2 is 0.852 bits per heavy atom. The molecule has 1 heterocycles. The van der Waals surface area contributed by atoms with Gasteiger partial charge in [-0.2, -0.15) is 0 Å². The average molecular weight is 379 g/mol. The predicted octanol–water partition coefficient (Wildman–Crippen LogP) is 7.14. The van der Waals surface area contributed by atoms with E-state index in [4.69, 9.17) is 0 Å². The molecule has 2 nitrogen and oxygen atoms in total. The Morgan fingerprint density at radius 1 is 0.556 bits per heavy atom. The number of anilines is 2. The number of aryl methyl sites for hydroxylation is 2. The first-order chi connectivity index (χ1) is 12.5. The van der Waals surface area contributed by atoms with Gasteiger partial charge in [0.15, 0.2) is 0 Å². The van der Waals surface area contributed by atoms with Crippen LogP contribution >= 0.6 is 0 Å². The van der Waals surface area contributed by atoms with Gasteiger partial charge in [0, 0.05) is 23.8 Å². The van der Waals surface area contributed by atoms with Crippen LogP contribution in [0.3, 0.4) is 0 Å². The van der Waals surface area contributed by atoms with Crippen LogP contribution in [-0.4, -0.2) is 8.40 Å². The molecular weight excluding hydrogens is 344 g/mol. The zero-order chi connectivity index (χ0) is 20.0. The van der Waals surface area contributed by atoms with Crippen LogP contribution in [0.1, 0.15) is 52.7 Å². The largest absolute Gasteiger partial charge is 0.354 e. The first-order valence-electron chi connectivity index (χ1n) is 9.89. The molecule has 3 heteroatoms. The van der Waals surface area contributed by atoms with Crippen LogP contribution in [0.5, 0.6) is 0 Å². The van der Waals surface area contributed by atoms with Crippen molar-refractivity contribution >= 4 is 19.8 Å². The normalized spacial score (nSPS) is 16.9. The second-order valence-corrected chi connectivity index (χ2v) is 15.2. The number of hydrogen-bond donors (Lipinski definition) is 0. The molecule has 0 saturated carbocycles. The van der Waals surface area contributed by atoms with E-state index in [1.165, 1.54) is 22.5 Å². The lowest BCUT2D eigenvalue weighted by Gasteiger charge is -2.57. The van der Waals surface area contributed by atoms with Crippen molar-refractivity contribution in [2.75, 3.05) is 9.13 Å². The van der Waals surface area contributed by atoms with Crippen molar-refractivity contribution in [3.8, 4) is 0 Å². The minimum atomic E-state index is -2.26. The standard InChI is InChI=1S/C24H34N2Si/c1-19-9-13-21(14-10-19)25-17-18-26(22-15-11-20(2)12-16-22)27(25,23(3,4)5)24(6,7)8/h9-18H,1-8H3. The Hall–Kier alpha value is -2.00. The topological polar surface area (TPSA) is 6.48 Å². The number of benzene rings is 2. The van der Waals surface area contributed by atoms with Crippen LogP contribution in [-0.2, 0) is 0 Å². The van der Waals surface area contributed by atoms with Crippen molar-refractivity contribution < 1.29 is 0 Å². The molecule has 2 aromatic carbocycles. The van der Waals surface area contributed by atoms with Crippen LogP contribution in [0.15, 0.2) is 60.9 Å². The summed E-state index contributed by atoms with van der Waals surface area (Å²) in [6, 6.07) is 18.0. The summed E-state index contributed by atoms with van der Waals surface area (Å²) in [5.74, 6) is 0. The van der Waals surface area contributed by atoms with E-state index < -0.39 is 8.40 Å². The Labute approximate surface area is 166 Å². The predicted molar refractivity (Wildman–Crippen MR) is 122 cm³/mol. The molecule has 1 aliphatic rings. The van der Waals surface area contributed by atoms with Crippen molar-refractivity contribution in [3.63, 3.8) is 0 Å². The summed E-state index contributed by atoms with van der Waals surface area (Å²) >= 11 is 0. The quantitative estimate of drug-likeness (QED) is 0.512. The SMILES string of the molecule is Cc1ccc(N2C=CN(c3ccc(C)cc3)[Si]2(C(C)(C)C)C(C)(C)C)cc1. The van der Waals surface area contributed by atoms with E-state index in [-0.39, 0.29) is 10.1 Å². The Morgan fingerprint density at radius 3 is 1.11 bits per heavy atom. The van der Waals surface area contributed by atoms with E-state index >= 15 is 0 Å². The van der Waals surface area contributed by atoms with Crippen LogP contribution < -0.4 is 9.13 Å². The van der Waals surface area contributed by atoms with Gasteiger partial charge in [-0.25, -0.2) is 0 Å². The van der Waals surface area contributed by atoms with E-state index in [0.717, 1.165) is 0 Å². The highest BCUT2D eigenvalue weighted by Gasteiger charge is 2.64. The smallest absolute Gasteiger partial charge is 0.283 e. The molecule has 3 rings (SSSR count). The third-order valence-corrected chi connectivity index (χ3v) is 12.2. The Balaban J connectivity index is 2.24.